The highest BCUT2D eigenvalue weighted by atomic mass is 32.1. The van der Waals surface area contributed by atoms with Gasteiger partial charge in [0.05, 0.1) is 19.7 Å². The van der Waals surface area contributed by atoms with Crippen LogP contribution in [0.2, 0.25) is 0 Å². The quantitative estimate of drug-likeness (QED) is 0.645. The van der Waals surface area contributed by atoms with Gasteiger partial charge >= 0.3 is 0 Å². The van der Waals surface area contributed by atoms with Crippen molar-refractivity contribution in [3.63, 3.8) is 0 Å². The molecule has 19 heavy (non-hydrogen) atoms. The lowest BCUT2D eigenvalue weighted by atomic mass is 9.70. The molecule has 2 radical (unpaired) electrons. The average molecular weight is 266 g/mol. The van der Waals surface area contributed by atoms with E-state index >= 15 is 0 Å². The van der Waals surface area contributed by atoms with Gasteiger partial charge in [0.15, 0.2) is 0 Å². The van der Waals surface area contributed by atoms with Crippen LogP contribution in [0.1, 0.15) is 25.1 Å². The number of aromatic nitrogens is 2. The Morgan fingerprint density at radius 1 is 1.21 bits per heavy atom. The molecule has 4 heteroatoms. The summed E-state index contributed by atoms with van der Waals surface area (Å²) < 4.78 is 1.96. The van der Waals surface area contributed by atoms with Crippen LogP contribution in [0.25, 0.3) is 16.0 Å². The van der Waals surface area contributed by atoms with Gasteiger partial charge in [-0.1, -0.05) is 43.7 Å². The molecule has 0 spiro atoms. The lowest BCUT2D eigenvalue weighted by molar-refractivity contribution is 0.695. The minimum atomic E-state index is -0.380. The van der Waals surface area contributed by atoms with Crippen LogP contribution in [-0.4, -0.2) is 17.5 Å². The first-order valence-corrected chi connectivity index (χ1v) is 7.16. The molecule has 1 aromatic carbocycles. The van der Waals surface area contributed by atoms with E-state index in [4.69, 9.17) is 7.85 Å². The van der Waals surface area contributed by atoms with Crippen LogP contribution < -0.4 is 0 Å². The molecular weight excluding hydrogens is 251 g/mol. The third-order valence-electron chi connectivity index (χ3n) is 3.26. The zero-order valence-corrected chi connectivity index (χ0v) is 12.2. The van der Waals surface area contributed by atoms with Gasteiger partial charge in [-0.15, -0.1) is 11.3 Å². The van der Waals surface area contributed by atoms with Crippen molar-refractivity contribution in [1.82, 2.24) is 9.61 Å². The molecule has 0 fully saturated rings. The van der Waals surface area contributed by atoms with Crippen molar-refractivity contribution in [2.24, 2.45) is 0 Å². The van der Waals surface area contributed by atoms with Crippen molar-refractivity contribution >= 4 is 24.0 Å². The molecule has 0 aliphatic rings. The number of aryl methyl sites for hydroxylation is 1. The first kappa shape index (κ1) is 12.5. The fourth-order valence-corrected chi connectivity index (χ4v) is 3.31. The highest BCUT2D eigenvalue weighted by Crippen LogP contribution is 2.32. The summed E-state index contributed by atoms with van der Waals surface area (Å²) in [6, 6.07) is 8.53. The number of fused-ring (bicyclic) bond motifs is 1. The van der Waals surface area contributed by atoms with Crippen LogP contribution in [0, 0.1) is 6.92 Å². The Morgan fingerprint density at radius 2 is 1.89 bits per heavy atom. The van der Waals surface area contributed by atoms with Crippen LogP contribution in [0.4, 0.5) is 0 Å². The summed E-state index contributed by atoms with van der Waals surface area (Å²) in [4.78, 5) is 1.15. The maximum atomic E-state index is 6.18. The number of nitrogens with zero attached hydrogens (tertiary/aromatic N) is 2. The Balaban J connectivity index is 2.17. The normalized spacial score (nSPS) is 12.2. The second-order valence-corrected chi connectivity index (χ2v) is 6.34. The van der Waals surface area contributed by atoms with E-state index in [0.717, 1.165) is 10.5 Å². The van der Waals surface area contributed by atoms with Gasteiger partial charge in [-0.3, -0.25) is 0 Å². The molecule has 0 amide bonds. The standard InChI is InChI=1S/C15H15BN2S/c1-10-4-6-11(7-5-10)12-8-17-18-13(15(2,3)16)9-19-14(12)18/h4-9H,1-3H3. The topological polar surface area (TPSA) is 17.3 Å². The van der Waals surface area contributed by atoms with E-state index in [2.05, 4.69) is 41.7 Å². The summed E-state index contributed by atoms with van der Waals surface area (Å²) in [7, 11) is 6.18. The zero-order valence-electron chi connectivity index (χ0n) is 11.3. The summed E-state index contributed by atoms with van der Waals surface area (Å²) in [5, 5.41) is 6.21. The fourth-order valence-electron chi connectivity index (χ4n) is 2.14. The third-order valence-corrected chi connectivity index (χ3v) is 4.22. The molecule has 0 atom stereocenters. The third kappa shape index (κ3) is 2.10. The molecule has 2 heterocycles. The maximum absolute atomic E-state index is 6.18. The van der Waals surface area contributed by atoms with Crippen LogP contribution in [0.15, 0.2) is 35.8 Å². The highest BCUT2D eigenvalue weighted by molar-refractivity contribution is 7.16. The van der Waals surface area contributed by atoms with Gasteiger partial charge in [-0.2, -0.15) is 5.10 Å². The first-order valence-electron chi connectivity index (χ1n) is 6.28. The van der Waals surface area contributed by atoms with E-state index in [1.165, 1.54) is 16.7 Å². The molecule has 0 N–H and O–H groups in total. The molecule has 2 aromatic heterocycles. The summed E-state index contributed by atoms with van der Waals surface area (Å²) >= 11 is 1.69. The molecule has 2 nitrogen and oxygen atoms in total. The lowest BCUT2D eigenvalue weighted by Gasteiger charge is -2.16. The van der Waals surface area contributed by atoms with Crippen molar-refractivity contribution in [2.75, 3.05) is 0 Å². The van der Waals surface area contributed by atoms with Gasteiger partial charge in [-0.25, -0.2) is 4.52 Å². The van der Waals surface area contributed by atoms with Gasteiger partial charge in [0.2, 0.25) is 0 Å². The van der Waals surface area contributed by atoms with Gasteiger partial charge < -0.3 is 0 Å². The molecule has 3 rings (SSSR count). The Bertz CT molecular complexity index is 717. The van der Waals surface area contributed by atoms with Crippen molar-refractivity contribution in [1.29, 1.82) is 0 Å². The molecule has 0 bridgehead atoms. The number of thiazole rings is 1. The highest BCUT2D eigenvalue weighted by Gasteiger charge is 2.20. The Hall–Kier alpha value is -1.55. The van der Waals surface area contributed by atoms with E-state index < -0.39 is 0 Å². The summed E-state index contributed by atoms with van der Waals surface area (Å²) in [6.45, 7) is 6.10. The first-order chi connectivity index (χ1) is 8.97. The molecular formula is C15H15BN2S. The average Bonchev–Trinajstić information content (AvgIpc) is 2.89. The minimum Gasteiger partial charge on any atom is -0.226 e. The van der Waals surface area contributed by atoms with E-state index in [-0.39, 0.29) is 5.31 Å². The van der Waals surface area contributed by atoms with Gasteiger partial charge in [0.1, 0.15) is 4.83 Å². The van der Waals surface area contributed by atoms with E-state index in [9.17, 15) is 0 Å². The molecule has 0 saturated carbocycles. The van der Waals surface area contributed by atoms with E-state index in [1.807, 2.05) is 24.6 Å². The molecule has 3 aromatic rings. The summed E-state index contributed by atoms with van der Waals surface area (Å²) in [5.74, 6) is 0. The second-order valence-electron chi connectivity index (χ2n) is 5.48. The maximum Gasteiger partial charge on any atom is 0.127 e. The molecule has 94 valence electrons. The van der Waals surface area contributed by atoms with Gasteiger partial charge in [-0.05, 0) is 17.8 Å². The van der Waals surface area contributed by atoms with E-state index in [0.29, 0.717) is 0 Å². The van der Waals surface area contributed by atoms with E-state index in [1.54, 1.807) is 11.3 Å². The van der Waals surface area contributed by atoms with Crippen LogP contribution >= 0.6 is 11.3 Å². The molecule has 0 unspecified atom stereocenters. The fraction of sp³-hybridized carbons (Fsp3) is 0.267. The Kier molecular flexibility index (Phi) is 2.78. The molecule has 0 aliphatic carbocycles. The number of benzene rings is 1. The smallest absolute Gasteiger partial charge is 0.127 e. The van der Waals surface area contributed by atoms with Crippen LogP contribution in [-0.2, 0) is 5.31 Å². The summed E-state index contributed by atoms with van der Waals surface area (Å²) in [6.07, 6.45) is 1.92. The predicted molar refractivity (Wildman–Crippen MR) is 82.0 cm³/mol. The van der Waals surface area contributed by atoms with Crippen molar-refractivity contribution < 1.29 is 0 Å². The van der Waals surface area contributed by atoms with Crippen molar-refractivity contribution in [3.05, 3.63) is 47.1 Å². The Morgan fingerprint density at radius 3 is 2.53 bits per heavy atom. The number of rotatable bonds is 2. The van der Waals surface area contributed by atoms with Gasteiger partial charge in [0, 0.05) is 10.9 Å². The largest absolute Gasteiger partial charge is 0.226 e. The molecule has 0 saturated heterocycles. The molecule has 0 aliphatic heterocycles. The number of hydrogen-bond donors (Lipinski definition) is 0. The monoisotopic (exact) mass is 266 g/mol. The lowest BCUT2D eigenvalue weighted by Crippen LogP contribution is -2.19. The SMILES string of the molecule is [B]C(C)(C)c1csc2c(-c3ccc(C)cc3)cnn12. The minimum absolute atomic E-state index is 0.380. The second kappa shape index (κ2) is 4.24. The number of hydrogen-bond acceptors (Lipinski definition) is 2. The van der Waals surface area contributed by atoms with Crippen molar-refractivity contribution in [3.8, 4) is 11.1 Å². The van der Waals surface area contributed by atoms with Crippen LogP contribution in [0.5, 0.6) is 0 Å². The summed E-state index contributed by atoms with van der Waals surface area (Å²) in [5.41, 5.74) is 4.68. The van der Waals surface area contributed by atoms with Gasteiger partial charge in [0.25, 0.3) is 0 Å². The van der Waals surface area contributed by atoms with Crippen LogP contribution in [0.3, 0.4) is 0 Å². The Labute approximate surface area is 118 Å². The van der Waals surface area contributed by atoms with Crippen molar-refractivity contribution in [2.45, 2.75) is 26.1 Å². The predicted octanol–water partition coefficient (Wildman–Crippen LogP) is 3.77. The zero-order chi connectivity index (χ0) is 13.6.